The Hall–Kier alpha value is -3.12. The Morgan fingerprint density at radius 1 is 1.10 bits per heavy atom. The minimum Gasteiger partial charge on any atom is -0.481 e. The molecule has 0 spiro atoms. The zero-order valence-corrected chi connectivity index (χ0v) is 32.7. The molecule has 51 heavy (non-hydrogen) atoms. The molecule has 0 unspecified atom stereocenters. The number of morpholine rings is 1. The number of rotatable bonds is 17. The molecule has 2 aliphatic rings. The highest BCUT2D eigenvalue weighted by Crippen LogP contribution is 2.33. The molecule has 2 aliphatic heterocycles. The molecular weight excluding hydrogens is 717 g/mol. The van der Waals surface area contributed by atoms with E-state index in [0.29, 0.717) is 24.6 Å². The fourth-order valence-electron chi connectivity index (χ4n) is 6.15. The van der Waals surface area contributed by atoms with E-state index in [2.05, 4.69) is 20.6 Å². The monoisotopic (exact) mass is 766 g/mol. The van der Waals surface area contributed by atoms with Crippen LogP contribution in [0.2, 0.25) is 0 Å². The Morgan fingerprint density at radius 2 is 1.82 bits per heavy atom. The minimum atomic E-state index is -0.959. The van der Waals surface area contributed by atoms with Gasteiger partial charge in [-0.2, -0.15) is 11.8 Å². The highest BCUT2D eigenvalue weighted by molar-refractivity contribution is 8.00. The molecule has 0 aromatic carbocycles. The zero-order chi connectivity index (χ0) is 37.4. The van der Waals surface area contributed by atoms with Gasteiger partial charge in [0.05, 0.1) is 24.1 Å². The van der Waals surface area contributed by atoms with Crippen molar-refractivity contribution in [1.29, 1.82) is 0 Å². The lowest BCUT2D eigenvalue weighted by molar-refractivity contribution is -0.149. The number of esters is 1. The van der Waals surface area contributed by atoms with E-state index in [1.807, 2.05) is 38.1 Å². The maximum Gasteiger partial charge on any atom is 0.306 e. The normalized spacial score (nSPS) is 19.6. The molecule has 6 atom stereocenters. The third-order valence-electron chi connectivity index (χ3n) is 9.29. The molecule has 2 fully saturated rings. The summed E-state index contributed by atoms with van der Waals surface area (Å²) < 4.78 is 11.3. The molecule has 2 aromatic heterocycles. The predicted octanol–water partition coefficient (Wildman–Crippen LogP) is 3.02. The molecule has 4 rings (SSSR count). The standard InChI is InChI=1S/C34H50N6O8S3/c1-18(2)25(40(7)33(44)29(22-15-49-16-22)38-31(43)26-13-47-9-8-39(26)6)12-27(48-21(5)41)32-37-24(17-51-32)30(42)36-23(10-19(3)34(45)46)11-28-35-20(4)14-50-28/h14,17-19,22-23,25-27,29H,8-13,15-16H2,1-7H3,(H,36,42)(H,38,43)(H,45,46)/t19-,23+,25+,26+,27+,29-/m0/s1. The van der Waals surface area contributed by atoms with Gasteiger partial charge in [0.15, 0.2) is 6.10 Å². The van der Waals surface area contributed by atoms with E-state index < -0.39 is 54.0 Å². The molecular formula is C34H50N6O8S3. The first-order valence-electron chi connectivity index (χ1n) is 17.1. The minimum absolute atomic E-state index is 0.0113. The lowest BCUT2D eigenvalue weighted by Gasteiger charge is -2.40. The van der Waals surface area contributed by atoms with Crippen LogP contribution in [0.4, 0.5) is 0 Å². The van der Waals surface area contributed by atoms with Gasteiger partial charge in [0.1, 0.15) is 22.8 Å². The van der Waals surface area contributed by atoms with E-state index in [0.717, 1.165) is 22.2 Å². The summed E-state index contributed by atoms with van der Waals surface area (Å²) in [6.45, 7) is 10.2. The number of ether oxygens (including phenoxy) is 2. The van der Waals surface area contributed by atoms with Crippen LogP contribution in [0, 0.1) is 24.7 Å². The quantitative estimate of drug-likeness (QED) is 0.201. The number of aryl methyl sites for hydroxylation is 1. The molecule has 0 aliphatic carbocycles. The van der Waals surface area contributed by atoms with Gasteiger partial charge in [-0.25, -0.2) is 9.97 Å². The van der Waals surface area contributed by atoms with Crippen molar-refractivity contribution >= 4 is 64.1 Å². The smallest absolute Gasteiger partial charge is 0.306 e. The molecule has 3 N–H and O–H groups in total. The maximum absolute atomic E-state index is 14.2. The second-order valence-corrected chi connectivity index (χ2v) is 16.7. The number of carbonyl (C=O) groups is 5. The van der Waals surface area contributed by atoms with Crippen LogP contribution in [-0.2, 0) is 35.1 Å². The Morgan fingerprint density at radius 3 is 2.39 bits per heavy atom. The Kier molecular flexibility index (Phi) is 14.8. The van der Waals surface area contributed by atoms with Gasteiger partial charge in [0.25, 0.3) is 5.91 Å². The number of carboxylic acids is 1. The van der Waals surface area contributed by atoms with Crippen LogP contribution >= 0.6 is 34.4 Å². The van der Waals surface area contributed by atoms with Gasteiger partial charge < -0.3 is 30.1 Å². The Bertz CT molecular complexity index is 1530. The third kappa shape index (κ3) is 11.2. The fraction of sp³-hybridized carbons (Fsp3) is 0.676. The van der Waals surface area contributed by atoms with E-state index in [1.165, 1.54) is 29.6 Å². The summed E-state index contributed by atoms with van der Waals surface area (Å²) in [6, 6.07) is -2.10. The average Bonchev–Trinajstić information content (AvgIpc) is 3.70. The number of aliphatic carboxylic acids is 1. The van der Waals surface area contributed by atoms with Crippen LogP contribution in [0.3, 0.4) is 0 Å². The molecule has 0 saturated carbocycles. The summed E-state index contributed by atoms with van der Waals surface area (Å²) in [7, 11) is 3.58. The predicted molar refractivity (Wildman–Crippen MR) is 196 cm³/mol. The number of hydrogen-bond acceptors (Lipinski definition) is 13. The van der Waals surface area contributed by atoms with Crippen molar-refractivity contribution in [1.82, 2.24) is 30.4 Å². The van der Waals surface area contributed by atoms with Gasteiger partial charge in [0, 0.05) is 67.8 Å². The number of thioether (sulfide) groups is 1. The Balaban J connectivity index is 1.50. The van der Waals surface area contributed by atoms with Gasteiger partial charge >= 0.3 is 11.9 Å². The van der Waals surface area contributed by atoms with Crippen molar-refractivity contribution in [3.05, 3.63) is 32.2 Å². The van der Waals surface area contributed by atoms with Crippen LogP contribution in [0.25, 0.3) is 0 Å². The summed E-state index contributed by atoms with van der Waals surface area (Å²) in [5.41, 5.74) is 0.964. The first kappa shape index (κ1) is 40.6. The third-order valence-corrected chi connectivity index (χ3v) is 12.5. The van der Waals surface area contributed by atoms with Crippen molar-refractivity contribution in [2.24, 2.45) is 17.8 Å². The summed E-state index contributed by atoms with van der Waals surface area (Å²) in [6.07, 6.45) is -0.0550. The second kappa shape index (κ2) is 18.6. The molecule has 2 aromatic rings. The number of carboxylic acid groups (broad SMARTS) is 1. The highest BCUT2D eigenvalue weighted by Gasteiger charge is 2.41. The van der Waals surface area contributed by atoms with Crippen LogP contribution in [0.1, 0.15) is 72.8 Å². The van der Waals surface area contributed by atoms with Crippen molar-refractivity contribution in [2.75, 3.05) is 45.4 Å². The summed E-state index contributed by atoms with van der Waals surface area (Å²) in [4.78, 5) is 77.5. The second-order valence-electron chi connectivity index (χ2n) is 13.8. The van der Waals surface area contributed by atoms with Gasteiger partial charge in [-0.1, -0.05) is 20.8 Å². The summed E-state index contributed by atoms with van der Waals surface area (Å²) >= 11 is 4.35. The largest absolute Gasteiger partial charge is 0.481 e. The molecule has 2 saturated heterocycles. The van der Waals surface area contributed by atoms with Crippen molar-refractivity contribution in [3.63, 3.8) is 0 Å². The zero-order valence-electron chi connectivity index (χ0n) is 30.2. The van der Waals surface area contributed by atoms with Gasteiger partial charge in [-0.15, -0.1) is 22.7 Å². The van der Waals surface area contributed by atoms with Crippen LogP contribution in [-0.4, -0.2) is 124 Å². The van der Waals surface area contributed by atoms with Crippen molar-refractivity contribution < 1.29 is 38.6 Å². The molecule has 4 heterocycles. The van der Waals surface area contributed by atoms with Gasteiger partial charge in [-0.05, 0) is 37.8 Å². The maximum atomic E-state index is 14.2. The van der Waals surface area contributed by atoms with Gasteiger partial charge in [0.2, 0.25) is 11.8 Å². The molecule has 3 amide bonds. The fourth-order valence-corrected chi connectivity index (χ4v) is 8.73. The molecule has 282 valence electrons. The average molecular weight is 767 g/mol. The number of thiazole rings is 2. The van der Waals surface area contributed by atoms with Crippen molar-refractivity contribution in [2.45, 2.75) is 84.2 Å². The van der Waals surface area contributed by atoms with Crippen LogP contribution < -0.4 is 10.6 Å². The number of nitrogens with zero attached hydrogens (tertiary/aromatic N) is 4. The first-order chi connectivity index (χ1) is 24.1. The number of likely N-dealkylation sites (N-methyl/N-ethyl adjacent to an activating group) is 2. The molecule has 0 radical (unpaired) electrons. The van der Waals surface area contributed by atoms with E-state index in [-0.39, 0.29) is 48.8 Å². The highest BCUT2D eigenvalue weighted by atomic mass is 32.2. The molecule has 14 nitrogen and oxygen atoms in total. The lowest BCUT2D eigenvalue weighted by atomic mass is 9.94. The number of amides is 3. The Labute approximate surface area is 311 Å². The molecule has 0 bridgehead atoms. The van der Waals surface area contributed by atoms with E-state index in [9.17, 15) is 29.1 Å². The number of hydrogen-bond donors (Lipinski definition) is 3. The van der Waals surface area contributed by atoms with Crippen LogP contribution in [0.5, 0.6) is 0 Å². The number of carbonyl (C=O) groups excluding carboxylic acids is 4. The topological polar surface area (TPSA) is 180 Å². The van der Waals surface area contributed by atoms with Crippen molar-refractivity contribution in [3.8, 4) is 0 Å². The van der Waals surface area contributed by atoms with Crippen LogP contribution in [0.15, 0.2) is 10.8 Å². The SMILES string of the molecule is CC(=O)O[C@H](C[C@H](C(C)C)N(C)C(=O)[C@@H](NC(=O)[C@H]1COCCN1C)C1CSC1)c1nc(C(=O)N[C@@H](Cc2nc(C)cs2)C[C@H](C)C(=O)O)cs1. The van der Waals surface area contributed by atoms with E-state index in [4.69, 9.17) is 9.47 Å². The first-order valence-corrected chi connectivity index (χ1v) is 20.1. The van der Waals surface area contributed by atoms with E-state index in [1.54, 1.807) is 36.0 Å². The number of aromatic nitrogens is 2. The number of nitrogens with one attached hydrogen (secondary N) is 2. The van der Waals surface area contributed by atoms with E-state index >= 15 is 0 Å². The summed E-state index contributed by atoms with van der Waals surface area (Å²) in [5.74, 6) is -1.68. The molecule has 17 heteroatoms. The lowest BCUT2D eigenvalue weighted by Crippen LogP contribution is -2.61. The summed E-state index contributed by atoms with van der Waals surface area (Å²) in [5, 5.41) is 20.2. The van der Waals surface area contributed by atoms with Gasteiger partial charge in [-0.3, -0.25) is 28.9 Å².